The van der Waals surface area contributed by atoms with E-state index in [1.807, 2.05) is 30.3 Å². The lowest BCUT2D eigenvalue weighted by molar-refractivity contribution is -0.136. The highest BCUT2D eigenvalue weighted by Gasteiger charge is 2.28. The van der Waals surface area contributed by atoms with Gasteiger partial charge in [0, 0.05) is 25.7 Å². The van der Waals surface area contributed by atoms with E-state index >= 15 is 0 Å². The number of carbonyl (C=O) groups is 2. The molecule has 148 valence electrons. The lowest BCUT2D eigenvalue weighted by Gasteiger charge is -2.31. The number of benzene rings is 2. The van der Waals surface area contributed by atoms with E-state index in [0.717, 1.165) is 5.56 Å². The molecule has 2 aromatic carbocycles. The van der Waals surface area contributed by atoms with Gasteiger partial charge in [-0.2, -0.15) is 0 Å². The summed E-state index contributed by atoms with van der Waals surface area (Å²) < 4.78 is 10.8. The summed E-state index contributed by atoms with van der Waals surface area (Å²) in [5.74, 6) is 0.395. The van der Waals surface area contributed by atoms with Gasteiger partial charge in [0.25, 0.3) is 0 Å². The van der Waals surface area contributed by atoms with Crippen LogP contribution in [-0.4, -0.2) is 50.1 Å². The highest BCUT2D eigenvalue weighted by molar-refractivity contribution is 5.90. The van der Waals surface area contributed by atoms with Gasteiger partial charge in [0.1, 0.15) is 11.8 Å². The molecular weight excluding hydrogens is 358 g/mol. The zero-order valence-corrected chi connectivity index (χ0v) is 16.1. The fourth-order valence-corrected chi connectivity index (χ4v) is 3.16. The number of hydrogen-bond donors (Lipinski definition) is 2. The number of nitrogens with zero attached hydrogens (tertiary/aromatic N) is 1. The van der Waals surface area contributed by atoms with Crippen LogP contribution >= 0.6 is 0 Å². The first-order valence-corrected chi connectivity index (χ1v) is 9.22. The minimum absolute atomic E-state index is 0.0264. The summed E-state index contributed by atoms with van der Waals surface area (Å²) in [4.78, 5) is 26.5. The van der Waals surface area contributed by atoms with E-state index < -0.39 is 6.04 Å². The van der Waals surface area contributed by atoms with Crippen LogP contribution in [0.4, 0.5) is 11.4 Å². The van der Waals surface area contributed by atoms with Crippen molar-refractivity contribution in [3.05, 3.63) is 54.1 Å². The molecular formula is C21H25N3O4. The topological polar surface area (TPSA) is 79.9 Å². The van der Waals surface area contributed by atoms with E-state index in [9.17, 15) is 9.59 Å². The van der Waals surface area contributed by atoms with Gasteiger partial charge < -0.3 is 25.0 Å². The Bertz CT molecular complexity index is 820. The first-order chi connectivity index (χ1) is 13.6. The molecule has 7 nitrogen and oxygen atoms in total. The monoisotopic (exact) mass is 383 g/mol. The fourth-order valence-electron chi connectivity index (χ4n) is 3.16. The second kappa shape index (κ2) is 9.23. The SMILES string of the molecule is COc1ccc(NC(C)=O)cc1N[C@H](C(=O)N1CCOCC1)c1ccccc1. The van der Waals surface area contributed by atoms with Crippen LogP contribution in [0.3, 0.4) is 0 Å². The molecule has 0 aliphatic carbocycles. The Morgan fingerprint density at radius 2 is 1.82 bits per heavy atom. The molecule has 0 spiro atoms. The van der Waals surface area contributed by atoms with Gasteiger partial charge in [-0.3, -0.25) is 9.59 Å². The van der Waals surface area contributed by atoms with Gasteiger partial charge in [-0.1, -0.05) is 30.3 Å². The predicted molar refractivity (Wildman–Crippen MR) is 108 cm³/mol. The molecule has 1 saturated heterocycles. The van der Waals surface area contributed by atoms with Crippen LogP contribution in [0.5, 0.6) is 5.75 Å². The van der Waals surface area contributed by atoms with Crippen molar-refractivity contribution in [1.82, 2.24) is 4.90 Å². The van der Waals surface area contributed by atoms with Crippen molar-refractivity contribution in [2.45, 2.75) is 13.0 Å². The normalized spacial score (nSPS) is 14.9. The molecule has 1 atom stereocenters. The third-order valence-electron chi connectivity index (χ3n) is 4.52. The Labute approximate surface area is 164 Å². The van der Waals surface area contributed by atoms with Crippen LogP contribution < -0.4 is 15.4 Å². The van der Waals surface area contributed by atoms with E-state index in [1.54, 1.807) is 30.2 Å². The molecule has 3 rings (SSSR count). The maximum atomic E-state index is 13.3. The summed E-state index contributed by atoms with van der Waals surface area (Å²) in [6.45, 7) is 3.65. The summed E-state index contributed by atoms with van der Waals surface area (Å²) in [5.41, 5.74) is 2.11. The van der Waals surface area contributed by atoms with Gasteiger partial charge in [0.05, 0.1) is 26.0 Å². The van der Waals surface area contributed by atoms with E-state index in [-0.39, 0.29) is 11.8 Å². The van der Waals surface area contributed by atoms with Crippen LogP contribution in [0.15, 0.2) is 48.5 Å². The number of rotatable bonds is 6. The van der Waals surface area contributed by atoms with Gasteiger partial charge in [-0.05, 0) is 23.8 Å². The maximum Gasteiger partial charge on any atom is 0.249 e. The van der Waals surface area contributed by atoms with Gasteiger partial charge in [-0.25, -0.2) is 0 Å². The summed E-state index contributed by atoms with van der Waals surface area (Å²) in [7, 11) is 1.57. The van der Waals surface area contributed by atoms with Crippen LogP contribution in [0.1, 0.15) is 18.5 Å². The standard InChI is InChI=1S/C21H25N3O4/c1-15(25)22-17-8-9-19(27-2)18(14-17)23-20(16-6-4-3-5-7-16)21(26)24-10-12-28-13-11-24/h3-9,14,20,23H,10-13H2,1-2H3,(H,22,25)/t20-/m0/s1. The lowest BCUT2D eigenvalue weighted by Crippen LogP contribution is -2.44. The lowest BCUT2D eigenvalue weighted by atomic mass is 10.0. The molecule has 1 aliphatic heterocycles. The smallest absolute Gasteiger partial charge is 0.249 e. The fraction of sp³-hybridized carbons (Fsp3) is 0.333. The van der Waals surface area contributed by atoms with Crippen molar-refractivity contribution >= 4 is 23.2 Å². The van der Waals surface area contributed by atoms with Crippen molar-refractivity contribution in [3.63, 3.8) is 0 Å². The minimum Gasteiger partial charge on any atom is -0.495 e. The van der Waals surface area contributed by atoms with Gasteiger partial charge in [0.2, 0.25) is 11.8 Å². The maximum absolute atomic E-state index is 13.3. The number of anilines is 2. The molecule has 0 aromatic heterocycles. The highest BCUT2D eigenvalue weighted by atomic mass is 16.5. The molecule has 1 fully saturated rings. The summed E-state index contributed by atoms with van der Waals surface area (Å²) in [6.07, 6.45) is 0. The number of carbonyl (C=O) groups excluding carboxylic acids is 2. The molecule has 7 heteroatoms. The van der Waals surface area contributed by atoms with Gasteiger partial charge in [-0.15, -0.1) is 0 Å². The molecule has 0 saturated carbocycles. The number of methoxy groups -OCH3 is 1. The molecule has 1 aliphatic rings. The third kappa shape index (κ3) is 4.80. The highest BCUT2D eigenvalue weighted by Crippen LogP contribution is 2.32. The first-order valence-electron chi connectivity index (χ1n) is 9.22. The predicted octanol–water partition coefficient (Wildman–Crippen LogP) is 2.67. The van der Waals surface area contributed by atoms with Crippen LogP contribution in [0.2, 0.25) is 0 Å². The van der Waals surface area contributed by atoms with E-state index in [0.29, 0.717) is 43.4 Å². The Balaban J connectivity index is 1.92. The van der Waals surface area contributed by atoms with E-state index in [1.165, 1.54) is 6.92 Å². The van der Waals surface area contributed by atoms with Crippen molar-refractivity contribution < 1.29 is 19.1 Å². The Hall–Kier alpha value is -3.06. The van der Waals surface area contributed by atoms with Crippen LogP contribution in [-0.2, 0) is 14.3 Å². The molecule has 1 heterocycles. The second-order valence-corrected chi connectivity index (χ2v) is 6.52. The number of hydrogen-bond acceptors (Lipinski definition) is 5. The van der Waals surface area contributed by atoms with Crippen molar-refractivity contribution in [1.29, 1.82) is 0 Å². The average Bonchev–Trinajstić information content (AvgIpc) is 2.72. The quantitative estimate of drug-likeness (QED) is 0.802. The Morgan fingerprint density at radius 1 is 1.11 bits per heavy atom. The number of morpholine rings is 1. The van der Waals surface area contributed by atoms with E-state index in [4.69, 9.17) is 9.47 Å². The van der Waals surface area contributed by atoms with Crippen LogP contribution in [0, 0.1) is 0 Å². The zero-order chi connectivity index (χ0) is 19.9. The Morgan fingerprint density at radius 3 is 2.46 bits per heavy atom. The summed E-state index contributed by atoms with van der Waals surface area (Å²) in [6, 6.07) is 14.3. The number of nitrogens with one attached hydrogen (secondary N) is 2. The summed E-state index contributed by atoms with van der Waals surface area (Å²) in [5, 5.41) is 6.07. The molecule has 28 heavy (non-hydrogen) atoms. The second-order valence-electron chi connectivity index (χ2n) is 6.52. The molecule has 0 radical (unpaired) electrons. The first kappa shape index (κ1) is 19.7. The zero-order valence-electron chi connectivity index (χ0n) is 16.1. The summed E-state index contributed by atoms with van der Waals surface area (Å²) >= 11 is 0. The molecule has 0 bridgehead atoms. The van der Waals surface area contributed by atoms with Gasteiger partial charge in [0.15, 0.2) is 0 Å². The number of amides is 2. The van der Waals surface area contributed by atoms with Crippen molar-refractivity contribution in [2.24, 2.45) is 0 Å². The molecule has 2 amide bonds. The van der Waals surface area contributed by atoms with Crippen LogP contribution in [0.25, 0.3) is 0 Å². The average molecular weight is 383 g/mol. The molecule has 0 unspecified atom stereocenters. The van der Waals surface area contributed by atoms with Gasteiger partial charge >= 0.3 is 0 Å². The number of ether oxygens (including phenoxy) is 2. The molecule has 2 N–H and O–H groups in total. The molecule has 2 aromatic rings. The Kier molecular flexibility index (Phi) is 6.49. The minimum atomic E-state index is -0.583. The van der Waals surface area contributed by atoms with Crippen molar-refractivity contribution in [2.75, 3.05) is 44.0 Å². The largest absolute Gasteiger partial charge is 0.495 e. The third-order valence-corrected chi connectivity index (χ3v) is 4.52. The van der Waals surface area contributed by atoms with Crippen molar-refractivity contribution in [3.8, 4) is 5.75 Å². The van der Waals surface area contributed by atoms with E-state index in [2.05, 4.69) is 10.6 Å².